The summed E-state index contributed by atoms with van der Waals surface area (Å²) in [5.41, 5.74) is 0. The van der Waals surface area contributed by atoms with E-state index in [1.165, 1.54) is 13.0 Å². The van der Waals surface area contributed by atoms with Crippen molar-refractivity contribution in [1.82, 2.24) is 10.2 Å². The van der Waals surface area contributed by atoms with Crippen LogP contribution in [-0.2, 0) is 0 Å². The second-order valence-electron chi connectivity index (χ2n) is 3.76. The molecule has 11 heavy (non-hydrogen) atoms. The minimum Gasteiger partial charge on any atom is -0.317 e. The lowest BCUT2D eigenvalue weighted by Gasteiger charge is -2.40. The zero-order valence-corrected chi connectivity index (χ0v) is 8.09. The molecule has 1 aliphatic rings. The molecule has 0 amide bonds. The van der Waals surface area contributed by atoms with E-state index in [9.17, 15) is 0 Å². The van der Waals surface area contributed by atoms with Gasteiger partial charge in [-0.05, 0) is 39.9 Å². The number of piperidine rings is 1. The molecule has 0 bridgehead atoms. The molecular weight excluding hydrogens is 136 g/mol. The Balaban J connectivity index is 2.52. The molecule has 66 valence electrons. The number of rotatable bonds is 1. The molecule has 2 heteroatoms. The van der Waals surface area contributed by atoms with Gasteiger partial charge in [-0.25, -0.2) is 0 Å². The molecule has 0 spiro atoms. The summed E-state index contributed by atoms with van der Waals surface area (Å²) < 4.78 is 0. The third kappa shape index (κ3) is 1.74. The van der Waals surface area contributed by atoms with Gasteiger partial charge in [-0.15, -0.1) is 0 Å². The average Bonchev–Trinajstić information content (AvgIpc) is 2.01. The van der Waals surface area contributed by atoms with Crippen LogP contribution in [-0.4, -0.2) is 37.6 Å². The summed E-state index contributed by atoms with van der Waals surface area (Å²) in [7, 11) is 4.28. The maximum Gasteiger partial charge on any atom is 0.0117 e. The quantitative estimate of drug-likeness (QED) is 0.607. The van der Waals surface area contributed by atoms with Crippen molar-refractivity contribution in [2.45, 2.75) is 32.4 Å². The summed E-state index contributed by atoms with van der Waals surface area (Å²) in [5.74, 6) is 0.777. The highest BCUT2D eigenvalue weighted by Gasteiger charge is 2.28. The largest absolute Gasteiger partial charge is 0.317 e. The lowest BCUT2D eigenvalue weighted by molar-refractivity contribution is 0.113. The van der Waals surface area contributed by atoms with Gasteiger partial charge in [0.1, 0.15) is 0 Å². The Bertz CT molecular complexity index is 123. The van der Waals surface area contributed by atoms with Crippen molar-refractivity contribution in [3.05, 3.63) is 0 Å². The van der Waals surface area contributed by atoms with Crippen molar-refractivity contribution in [1.29, 1.82) is 0 Å². The smallest absolute Gasteiger partial charge is 0.0117 e. The monoisotopic (exact) mass is 156 g/mol. The Kier molecular flexibility index (Phi) is 2.90. The van der Waals surface area contributed by atoms with Crippen LogP contribution in [0.4, 0.5) is 0 Å². The van der Waals surface area contributed by atoms with E-state index in [1.54, 1.807) is 0 Å². The second-order valence-corrected chi connectivity index (χ2v) is 3.76. The molecule has 0 aromatic carbocycles. The van der Waals surface area contributed by atoms with Crippen molar-refractivity contribution in [3.63, 3.8) is 0 Å². The first-order chi connectivity index (χ1) is 5.16. The van der Waals surface area contributed by atoms with E-state index in [2.05, 4.69) is 38.2 Å². The summed E-state index contributed by atoms with van der Waals surface area (Å²) in [5, 5.41) is 3.38. The molecule has 0 aliphatic carbocycles. The van der Waals surface area contributed by atoms with Gasteiger partial charge in [-0.2, -0.15) is 0 Å². The molecule has 0 aromatic heterocycles. The van der Waals surface area contributed by atoms with Gasteiger partial charge in [0.25, 0.3) is 0 Å². The Morgan fingerprint density at radius 1 is 1.36 bits per heavy atom. The molecule has 3 atom stereocenters. The normalized spacial score (nSPS) is 40.9. The minimum atomic E-state index is 0.723. The number of nitrogens with zero attached hydrogens (tertiary/aromatic N) is 1. The van der Waals surface area contributed by atoms with Crippen LogP contribution in [0, 0.1) is 5.92 Å². The predicted molar refractivity (Wildman–Crippen MR) is 48.7 cm³/mol. The van der Waals surface area contributed by atoms with Gasteiger partial charge >= 0.3 is 0 Å². The highest BCUT2D eigenvalue weighted by Crippen LogP contribution is 2.21. The van der Waals surface area contributed by atoms with Crippen LogP contribution >= 0.6 is 0 Å². The molecular formula is C9H20N2. The topological polar surface area (TPSA) is 15.3 Å². The van der Waals surface area contributed by atoms with Crippen LogP contribution in [0.25, 0.3) is 0 Å². The lowest BCUT2D eigenvalue weighted by atomic mass is 9.88. The van der Waals surface area contributed by atoms with Gasteiger partial charge in [-0.3, -0.25) is 0 Å². The number of nitrogens with one attached hydrogen (secondary N) is 1. The maximum absolute atomic E-state index is 3.38. The molecule has 0 aromatic rings. The number of likely N-dealkylation sites (tertiary alicyclic amines) is 1. The van der Waals surface area contributed by atoms with E-state index in [0.29, 0.717) is 0 Å². The summed E-state index contributed by atoms with van der Waals surface area (Å²) in [4.78, 5) is 2.44. The van der Waals surface area contributed by atoms with Gasteiger partial charge in [0.05, 0.1) is 0 Å². The fourth-order valence-electron chi connectivity index (χ4n) is 1.95. The highest BCUT2D eigenvalue weighted by atomic mass is 15.1. The highest BCUT2D eigenvalue weighted by molar-refractivity contribution is 4.86. The fourth-order valence-corrected chi connectivity index (χ4v) is 1.95. The first kappa shape index (κ1) is 9.01. The number of hydrogen-bond donors (Lipinski definition) is 1. The van der Waals surface area contributed by atoms with E-state index in [-0.39, 0.29) is 0 Å². The van der Waals surface area contributed by atoms with Crippen molar-refractivity contribution < 1.29 is 0 Å². The maximum atomic E-state index is 3.38. The molecule has 1 fully saturated rings. The first-order valence-corrected chi connectivity index (χ1v) is 4.54. The van der Waals surface area contributed by atoms with Crippen molar-refractivity contribution in [2.24, 2.45) is 5.92 Å². The summed E-state index contributed by atoms with van der Waals surface area (Å²) in [6.07, 6.45) is 1.29. The van der Waals surface area contributed by atoms with Crippen LogP contribution in [0.3, 0.4) is 0 Å². The molecule has 1 rings (SSSR count). The standard InChI is InChI=1S/C9H20N2/c1-7-8(2)11(4)6-5-9(7)10-3/h7-10H,5-6H2,1-4H3. The van der Waals surface area contributed by atoms with Crippen LogP contribution in [0.15, 0.2) is 0 Å². The van der Waals surface area contributed by atoms with E-state index >= 15 is 0 Å². The third-order valence-corrected chi connectivity index (χ3v) is 3.25. The summed E-state index contributed by atoms with van der Waals surface area (Å²) in [6, 6.07) is 1.45. The molecule has 0 radical (unpaired) electrons. The molecule has 2 nitrogen and oxygen atoms in total. The number of hydrogen-bond acceptors (Lipinski definition) is 2. The van der Waals surface area contributed by atoms with Crippen molar-refractivity contribution in [2.75, 3.05) is 20.6 Å². The Morgan fingerprint density at radius 2 is 2.00 bits per heavy atom. The second kappa shape index (κ2) is 3.55. The fraction of sp³-hybridized carbons (Fsp3) is 1.00. The molecule has 1 heterocycles. The van der Waals surface area contributed by atoms with Gasteiger partial charge in [0.15, 0.2) is 0 Å². The Labute approximate surface area is 70.0 Å². The zero-order chi connectivity index (χ0) is 8.43. The van der Waals surface area contributed by atoms with E-state index in [4.69, 9.17) is 0 Å². The van der Waals surface area contributed by atoms with Crippen LogP contribution in [0.1, 0.15) is 20.3 Å². The zero-order valence-electron chi connectivity index (χ0n) is 8.09. The van der Waals surface area contributed by atoms with E-state index in [1.807, 2.05) is 0 Å². The van der Waals surface area contributed by atoms with Gasteiger partial charge in [-0.1, -0.05) is 6.92 Å². The van der Waals surface area contributed by atoms with E-state index in [0.717, 1.165) is 18.0 Å². The van der Waals surface area contributed by atoms with Gasteiger partial charge in [0.2, 0.25) is 0 Å². The van der Waals surface area contributed by atoms with Gasteiger partial charge in [0, 0.05) is 12.1 Å². The lowest BCUT2D eigenvalue weighted by Crippen LogP contribution is -2.50. The third-order valence-electron chi connectivity index (χ3n) is 3.25. The minimum absolute atomic E-state index is 0.723. The molecule has 1 saturated heterocycles. The van der Waals surface area contributed by atoms with Crippen LogP contribution in [0.5, 0.6) is 0 Å². The van der Waals surface area contributed by atoms with Crippen LogP contribution in [0.2, 0.25) is 0 Å². The SMILES string of the molecule is CNC1CCN(C)C(C)C1C. The molecule has 3 unspecified atom stereocenters. The van der Waals surface area contributed by atoms with Crippen molar-refractivity contribution in [3.8, 4) is 0 Å². The predicted octanol–water partition coefficient (Wildman–Crippen LogP) is 0.934. The average molecular weight is 156 g/mol. The molecule has 1 N–H and O–H groups in total. The van der Waals surface area contributed by atoms with Crippen molar-refractivity contribution >= 4 is 0 Å². The summed E-state index contributed by atoms with van der Waals surface area (Å²) >= 11 is 0. The molecule has 0 saturated carbocycles. The van der Waals surface area contributed by atoms with Gasteiger partial charge < -0.3 is 10.2 Å². The Hall–Kier alpha value is -0.0800. The molecule has 1 aliphatic heterocycles. The Morgan fingerprint density at radius 3 is 2.55 bits per heavy atom. The van der Waals surface area contributed by atoms with E-state index < -0.39 is 0 Å². The summed E-state index contributed by atoms with van der Waals surface area (Å²) in [6.45, 7) is 5.88. The first-order valence-electron chi connectivity index (χ1n) is 4.54. The van der Waals surface area contributed by atoms with Crippen LogP contribution < -0.4 is 5.32 Å².